The maximum Gasteiger partial charge on any atom is 0.161 e. The van der Waals surface area contributed by atoms with Crippen LogP contribution in [-0.2, 0) is 19.4 Å². The molecule has 134 valence electrons. The third-order valence-electron chi connectivity index (χ3n) is 4.66. The van der Waals surface area contributed by atoms with Gasteiger partial charge in [-0.2, -0.15) is 0 Å². The number of furan rings is 1. The summed E-state index contributed by atoms with van der Waals surface area (Å²) in [5, 5.41) is 7.01. The molecule has 0 saturated carbocycles. The molecule has 26 heavy (non-hydrogen) atoms. The summed E-state index contributed by atoms with van der Waals surface area (Å²) in [4.78, 5) is 13.7. The van der Waals surface area contributed by atoms with Gasteiger partial charge in [-0.15, -0.1) is 0 Å². The van der Waals surface area contributed by atoms with Crippen molar-refractivity contribution in [2.45, 2.75) is 38.8 Å². The first-order valence-corrected chi connectivity index (χ1v) is 9.09. The van der Waals surface area contributed by atoms with E-state index in [0.717, 1.165) is 61.0 Å². The first-order chi connectivity index (χ1) is 12.8. The Morgan fingerprint density at radius 3 is 2.92 bits per heavy atom. The molecule has 0 aliphatic carbocycles. The van der Waals surface area contributed by atoms with Gasteiger partial charge in [0.15, 0.2) is 5.82 Å². The standard InChI is InChI=1S/C20H23N5O/c1-14(4-5-16-3-2-12-26-16)23-20-17-8-11-22-13-18(17)24-19(25-20)15-6-9-21-10-7-15/h2-3,6-7,9-10,12,14,22H,4-5,8,11,13H2,1H3,(H,23,24,25). The number of pyridine rings is 1. The number of nitrogens with one attached hydrogen (secondary N) is 2. The maximum absolute atomic E-state index is 5.43. The summed E-state index contributed by atoms with van der Waals surface area (Å²) in [5.41, 5.74) is 3.30. The summed E-state index contributed by atoms with van der Waals surface area (Å²) in [5.74, 6) is 2.72. The average Bonchev–Trinajstić information content (AvgIpc) is 3.21. The highest BCUT2D eigenvalue weighted by Gasteiger charge is 2.19. The van der Waals surface area contributed by atoms with Crippen molar-refractivity contribution in [3.63, 3.8) is 0 Å². The number of aryl methyl sites for hydroxylation is 1. The topological polar surface area (TPSA) is 75.9 Å². The normalized spacial score (nSPS) is 14.7. The van der Waals surface area contributed by atoms with Gasteiger partial charge in [0.25, 0.3) is 0 Å². The number of nitrogens with zero attached hydrogens (tertiary/aromatic N) is 3. The number of hydrogen-bond donors (Lipinski definition) is 2. The highest BCUT2D eigenvalue weighted by molar-refractivity contribution is 5.60. The molecule has 3 aromatic heterocycles. The minimum absolute atomic E-state index is 0.291. The van der Waals surface area contributed by atoms with Crippen LogP contribution in [0, 0.1) is 0 Å². The molecule has 0 bridgehead atoms. The lowest BCUT2D eigenvalue weighted by atomic mass is 10.1. The van der Waals surface area contributed by atoms with Crippen molar-refractivity contribution >= 4 is 5.82 Å². The van der Waals surface area contributed by atoms with E-state index in [1.807, 2.05) is 24.3 Å². The molecule has 1 unspecified atom stereocenters. The second-order valence-corrected chi connectivity index (χ2v) is 6.65. The monoisotopic (exact) mass is 349 g/mol. The predicted molar refractivity (Wildman–Crippen MR) is 101 cm³/mol. The molecule has 1 atom stereocenters. The van der Waals surface area contributed by atoms with E-state index < -0.39 is 0 Å². The van der Waals surface area contributed by atoms with Gasteiger partial charge in [-0.05, 0) is 50.6 Å². The molecule has 0 saturated heterocycles. The molecule has 2 N–H and O–H groups in total. The minimum Gasteiger partial charge on any atom is -0.469 e. The molecule has 0 radical (unpaired) electrons. The van der Waals surface area contributed by atoms with E-state index in [2.05, 4.69) is 22.5 Å². The van der Waals surface area contributed by atoms with Crippen molar-refractivity contribution in [2.75, 3.05) is 11.9 Å². The van der Waals surface area contributed by atoms with Gasteiger partial charge in [-0.25, -0.2) is 9.97 Å². The Morgan fingerprint density at radius 1 is 1.23 bits per heavy atom. The van der Waals surface area contributed by atoms with E-state index in [1.54, 1.807) is 18.7 Å². The highest BCUT2D eigenvalue weighted by atomic mass is 16.3. The van der Waals surface area contributed by atoms with E-state index in [-0.39, 0.29) is 0 Å². The zero-order valence-electron chi connectivity index (χ0n) is 14.9. The van der Waals surface area contributed by atoms with Gasteiger partial charge >= 0.3 is 0 Å². The van der Waals surface area contributed by atoms with E-state index in [9.17, 15) is 0 Å². The second kappa shape index (κ2) is 7.66. The second-order valence-electron chi connectivity index (χ2n) is 6.65. The van der Waals surface area contributed by atoms with Gasteiger partial charge in [0.2, 0.25) is 0 Å². The first kappa shape index (κ1) is 16.7. The van der Waals surface area contributed by atoms with E-state index in [0.29, 0.717) is 6.04 Å². The first-order valence-electron chi connectivity index (χ1n) is 9.09. The van der Waals surface area contributed by atoms with Crippen molar-refractivity contribution in [1.29, 1.82) is 0 Å². The molecule has 6 nitrogen and oxygen atoms in total. The molecular formula is C20H23N5O. The van der Waals surface area contributed by atoms with Crippen molar-refractivity contribution in [3.8, 4) is 11.4 Å². The van der Waals surface area contributed by atoms with Gasteiger partial charge in [0.1, 0.15) is 11.6 Å². The van der Waals surface area contributed by atoms with Gasteiger partial charge in [-0.1, -0.05) is 0 Å². The predicted octanol–water partition coefficient (Wildman–Crippen LogP) is 3.21. The third kappa shape index (κ3) is 3.75. The van der Waals surface area contributed by atoms with Crippen molar-refractivity contribution in [2.24, 2.45) is 0 Å². The molecule has 0 fully saturated rings. The number of hydrogen-bond acceptors (Lipinski definition) is 6. The highest BCUT2D eigenvalue weighted by Crippen LogP contribution is 2.25. The van der Waals surface area contributed by atoms with Crippen LogP contribution in [0.2, 0.25) is 0 Å². The molecular weight excluding hydrogens is 326 g/mol. The zero-order valence-corrected chi connectivity index (χ0v) is 14.9. The van der Waals surface area contributed by atoms with Crippen LogP contribution in [0.15, 0.2) is 47.3 Å². The molecule has 4 rings (SSSR count). The Kier molecular flexibility index (Phi) is 4.93. The van der Waals surface area contributed by atoms with Crippen molar-refractivity contribution < 1.29 is 4.42 Å². The molecule has 1 aliphatic heterocycles. The lowest BCUT2D eigenvalue weighted by Gasteiger charge is -2.23. The van der Waals surface area contributed by atoms with Crippen LogP contribution >= 0.6 is 0 Å². The average molecular weight is 349 g/mol. The Bertz CT molecular complexity index is 848. The molecule has 0 aromatic carbocycles. The Labute approximate surface area is 153 Å². The van der Waals surface area contributed by atoms with Crippen LogP contribution in [0.25, 0.3) is 11.4 Å². The van der Waals surface area contributed by atoms with Gasteiger partial charge in [0.05, 0.1) is 12.0 Å². The molecule has 6 heteroatoms. The van der Waals surface area contributed by atoms with E-state index in [4.69, 9.17) is 14.4 Å². The minimum atomic E-state index is 0.291. The Morgan fingerprint density at radius 2 is 2.12 bits per heavy atom. The number of rotatable bonds is 6. The summed E-state index contributed by atoms with van der Waals surface area (Å²) >= 11 is 0. The van der Waals surface area contributed by atoms with Crippen molar-refractivity contribution in [1.82, 2.24) is 20.3 Å². The van der Waals surface area contributed by atoms with Crippen molar-refractivity contribution in [3.05, 3.63) is 59.9 Å². The van der Waals surface area contributed by atoms with Crippen LogP contribution in [0.3, 0.4) is 0 Å². The third-order valence-corrected chi connectivity index (χ3v) is 4.66. The van der Waals surface area contributed by atoms with E-state index in [1.165, 1.54) is 5.56 Å². The quantitative estimate of drug-likeness (QED) is 0.712. The van der Waals surface area contributed by atoms with E-state index >= 15 is 0 Å². The fraction of sp³-hybridized carbons (Fsp3) is 0.350. The molecule has 4 heterocycles. The molecule has 0 spiro atoms. The Balaban J connectivity index is 1.57. The number of anilines is 1. The van der Waals surface area contributed by atoms with Crippen LogP contribution in [0.5, 0.6) is 0 Å². The number of aromatic nitrogens is 3. The van der Waals surface area contributed by atoms with Gasteiger partial charge in [0, 0.05) is 42.5 Å². The smallest absolute Gasteiger partial charge is 0.161 e. The Hall–Kier alpha value is -2.73. The molecule has 1 aliphatic rings. The van der Waals surface area contributed by atoms with Gasteiger partial charge < -0.3 is 15.1 Å². The zero-order chi connectivity index (χ0) is 17.8. The summed E-state index contributed by atoms with van der Waals surface area (Å²) < 4.78 is 5.43. The van der Waals surface area contributed by atoms with Crippen LogP contribution < -0.4 is 10.6 Å². The molecule has 0 amide bonds. The van der Waals surface area contributed by atoms with Gasteiger partial charge in [-0.3, -0.25) is 4.98 Å². The van der Waals surface area contributed by atoms with Crippen LogP contribution in [0.1, 0.15) is 30.4 Å². The number of fused-ring (bicyclic) bond motifs is 1. The lowest BCUT2D eigenvalue weighted by molar-refractivity contribution is 0.494. The fourth-order valence-corrected chi connectivity index (χ4v) is 3.23. The SMILES string of the molecule is CC(CCc1ccco1)Nc1nc(-c2ccncc2)nc2c1CCNC2. The van der Waals surface area contributed by atoms with Crippen LogP contribution in [-0.4, -0.2) is 27.5 Å². The fourth-order valence-electron chi connectivity index (χ4n) is 3.23. The maximum atomic E-state index is 5.43. The molecule has 3 aromatic rings. The summed E-state index contributed by atoms with van der Waals surface area (Å²) in [6.45, 7) is 3.93. The summed E-state index contributed by atoms with van der Waals surface area (Å²) in [6.07, 6.45) is 8.11. The largest absolute Gasteiger partial charge is 0.469 e. The van der Waals surface area contributed by atoms with Crippen LogP contribution in [0.4, 0.5) is 5.82 Å². The summed E-state index contributed by atoms with van der Waals surface area (Å²) in [7, 11) is 0. The summed E-state index contributed by atoms with van der Waals surface area (Å²) in [6, 6.07) is 8.14. The lowest BCUT2D eigenvalue weighted by Crippen LogP contribution is -2.28.